The van der Waals surface area contributed by atoms with Gasteiger partial charge in [-0.25, -0.2) is 0 Å². The molecular formula is C13H18ClN5O2. The molecule has 1 amide bonds. The van der Waals surface area contributed by atoms with E-state index in [9.17, 15) is 4.79 Å². The zero-order valence-electron chi connectivity index (χ0n) is 12.1. The molecule has 0 radical (unpaired) electrons. The number of pyridine rings is 1. The van der Waals surface area contributed by atoms with E-state index in [0.717, 1.165) is 5.69 Å². The van der Waals surface area contributed by atoms with Gasteiger partial charge in [0.05, 0.1) is 23.8 Å². The normalized spacial score (nSPS) is 10.8. The van der Waals surface area contributed by atoms with Crippen LogP contribution in [0.3, 0.4) is 0 Å². The lowest BCUT2D eigenvalue weighted by Gasteiger charge is -2.20. The maximum Gasteiger partial charge on any atom is 0.232 e. The van der Waals surface area contributed by atoms with Crippen molar-refractivity contribution < 1.29 is 9.32 Å². The number of carbonyl (C=O) groups is 1. The maximum atomic E-state index is 11.1. The van der Waals surface area contributed by atoms with Gasteiger partial charge in [-0.3, -0.25) is 9.78 Å². The highest BCUT2D eigenvalue weighted by Gasteiger charge is 2.27. The summed E-state index contributed by atoms with van der Waals surface area (Å²) in [6.07, 6.45) is 2.00. The highest BCUT2D eigenvalue weighted by molar-refractivity contribution is 5.85. The Morgan fingerprint density at radius 3 is 2.71 bits per heavy atom. The van der Waals surface area contributed by atoms with Crippen LogP contribution < -0.4 is 11.1 Å². The van der Waals surface area contributed by atoms with Crippen LogP contribution in [0.25, 0.3) is 0 Å². The molecule has 2 heterocycles. The topological polar surface area (TPSA) is 107 Å². The smallest absolute Gasteiger partial charge is 0.232 e. The van der Waals surface area contributed by atoms with E-state index < -0.39 is 5.54 Å². The molecule has 21 heavy (non-hydrogen) atoms. The molecule has 0 fully saturated rings. The minimum atomic E-state index is -0.678. The van der Waals surface area contributed by atoms with Gasteiger partial charge >= 0.3 is 0 Å². The number of hydrogen-bond acceptors (Lipinski definition) is 6. The fourth-order valence-electron chi connectivity index (χ4n) is 1.77. The lowest BCUT2D eigenvalue weighted by atomic mass is 10.1. The first-order valence-electron chi connectivity index (χ1n) is 6.19. The fraction of sp³-hybridized carbons (Fsp3) is 0.385. The number of rotatable bonds is 4. The number of nitrogens with zero attached hydrogens (tertiary/aromatic N) is 3. The van der Waals surface area contributed by atoms with Gasteiger partial charge in [-0.15, -0.1) is 12.4 Å². The highest BCUT2D eigenvalue weighted by Crippen LogP contribution is 2.17. The second-order valence-corrected chi connectivity index (χ2v) is 5.08. The van der Waals surface area contributed by atoms with E-state index in [1.165, 1.54) is 6.92 Å². The summed E-state index contributed by atoms with van der Waals surface area (Å²) in [5.74, 6) is 0.718. The summed E-state index contributed by atoms with van der Waals surface area (Å²) in [5.41, 5.74) is 6.28. The van der Waals surface area contributed by atoms with Crippen LogP contribution in [0.2, 0.25) is 0 Å². The van der Waals surface area contributed by atoms with Crippen LogP contribution in [-0.4, -0.2) is 21.0 Å². The van der Waals surface area contributed by atoms with Gasteiger partial charge in [0.1, 0.15) is 0 Å². The van der Waals surface area contributed by atoms with E-state index in [2.05, 4.69) is 20.4 Å². The molecule has 7 nitrogen and oxygen atoms in total. The van der Waals surface area contributed by atoms with Gasteiger partial charge < -0.3 is 15.6 Å². The van der Waals surface area contributed by atoms with Crippen molar-refractivity contribution >= 4 is 24.0 Å². The first kappa shape index (κ1) is 16.9. The average molecular weight is 312 g/mol. The Labute approximate surface area is 128 Å². The third kappa shape index (κ3) is 4.42. The molecular weight excluding hydrogens is 294 g/mol. The van der Waals surface area contributed by atoms with Crippen LogP contribution in [0, 0.1) is 0 Å². The van der Waals surface area contributed by atoms with Gasteiger partial charge in [-0.1, -0.05) is 5.16 Å². The largest absolute Gasteiger partial charge is 0.397 e. The van der Waals surface area contributed by atoms with E-state index in [1.807, 2.05) is 13.8 Å². The number of carbonyl (C=O) groups excluding carboxylic acids is 1. The Morgan fingerprint density at radius 1 is 1.43 bits per heavy atom. The maximum absolute atomic E-state index is 11.1. The van der Waals surface area contributed by atoms with Crippen LogP contribution in [-0.2, 0) is 16.8 Å². The van der Waals surface area contributed by atoms with Crippen LogP contribution >= 0.6 is 12.4 Å². The molecule has 0 bridgehead atoms. The third-order valence-electron chi connectivity index (χ3n) is 2.70. The molecule has 0 aliphatic rings. The second-order valence-electron chi connectivity index (χ2n) is 5.08. The molecule has 0 unspecified atom stereocenters. The number of nitrogen functional groups attached to an aromatic ring is 1. The van der Waals surface area contributed by atoms with Crippen molar-refractivity contribution in [1.82, 2.24) is 20.4 Å². The molecule has 0 aliphatic carbocycles. The minimum Gasteiger partial charge on any atom is -0.397 e. The summed E-state index contributed by atoms with van der Waals surface area (Å²) in [7, 11) is 0. The number of anilines is 1. The molecule has 2 rings (SSSR count). The van der Waals surface area contributed by atoms with Crippen molar-refractivity contribution in [3.8, 4) is 0 Å². The van der Waals surface area contributed by atoms with Crippen molar-refractivity contribution in [2.75, 3.05) is 5.73 Å². The molecule has 114 valence electrons. The molecule has 0 aromatic carbocycles. The number of nitrogens with two attached hydrogens (primary N) is 1. The summed E-state index contributed by atoms with van der Waals surface area (Å²) < 4.78 is 5.18. The van der Waals surface area contributed by atoms with Gasteiger partial charge in [0.25, 0.3) is 0 Å². The van der Waals surface area contributed by atoms with Crippen LogP contribution in [0.5, 0.6) is 0 Å². The first-order valence-corrected chi connectivity index (χ1v) is 6.19. The Morgan fingerprint density at radius 2 is 2.14 bits per heavy atom. The fourth-order valence-corrected chi connectivity index (χ4v) is 1.77. The molecule has 0 saturated heterocycles. The Bertz CT molecular complexity index is 609. The van der Waals surface area contributed by atoms with Crippen molar-refractivity contribution in [2.24, 2.45) is 0 Å². The van der Waals surface area contributed by atoms with Gasteiger partial charge in [-0.05, 0) is 26.0 Å². The molecule has 2 aromatic rings. The standard InChI is InChI=1S/C13H17N5O2.ClH/c1-8(19)17-13(2,3)12-16-11(20-18-12)6-10-5-4-9(14)7-15-10;/h4-5,7H,6,14H2,1-3H3,(H,17,19);1H. The molecule has 3 N–H and O–H groups in total. The van der Waals surface area contributed by atoms with Gasteiger partial charge in [0.15, 0.2) is 5.82 Å². The van der Waals surface area contributed by atoms with E-state index in [-0.39, 0.29) is 18.3 Å². The third-order valence-corrected chi connectivity index (χ3v) is 2.70. The second kappa shape index (κ2) is 6.53. The summed E-state index contributed by atoms with van der Waals surface area (Å²) in [5, 5.41) is 6.67. The van der Waals surface area contributed by atoms with Crippen LogP contribution in [0.1, 0.15) is 38.2 Å². The zero-order chi connectivity index (χ0) is 14.8. The molecule has 0 spiro atoms. The predicted molar refractivity (Wildman–Crippen MR) is 79.8 cm³/mol. The molecule has 0 atom stereocenters. The summed E-state index contributed by atoms with van der Waals surface area (Å²) in [4.78, 5) is 19.6. The molecule has 2 aromatic heterocycles. The number of hydrogen-bond donors (Lipinski definition) is 2. The first-order chi connectivity index (χ1) is 9.37. The van der Waals surface area contributed by atoms with Crippen molar-refractivity contribution in [1.29, 1.82) is 0 Å². The molecule has 0 saturated carbocycles. The lowest BCUT2D eigenvalue weighted by Crippen LogP contribution is -2.40. The van der Waals surface area contributed by atoms with E-state index in [4.69, 9.17) is 10.3 Å². The van der Waals surface area contributed by atoms with Crippen LogP contribution in [0.4, 0.5) is 5.69 Å². The van der Waals surface area contributed by atoms with Gasteiger partial charge in [0, 0.05) is 12.6 Å². The quantitative estimate of drug-likeness (QED) is 0.884. The Kier molecular flexibility index (Phi) is 5.26. The van der Waals surface area contributed by atoms with Crippen molar-refractivity contribution in [3.63, 3.8) is 0 Å². The zero-order valence-corrected chi connectivity index (χ0v) is 12.9. The number of nitrogens with one attached hydrogen (secondary N) is 1. The van der Waals surface area contributed by atoms with Gasteiger partial charge in [0.2, 0.25) is 11.8 Å². The number of amides is 1. The minimum absolute atomic E-state index is 0. The Balaban J connectivity index is 0.00000220. The van der Waals surface area contributed by atoms with E-state index >= 15 is 0 Å². The average Bonchev–Trinajstić information content (AvgIpc) is 2.80. The summed E-state index contributed by atoms with van der Waals surface area (Å²) in [6.45, 7) is 5.07. The number of halogens is 1. The lowest BCUT2D eigenvalue weighted by molar-refractivity contribution is -0.120. The number of aromatic nitrogens is 3. The monoisotopic (exact) mass is 311 g/mol. The molecule has 0 aliphatic heterocycles. The van der Waals surface area contributed by atoms with Crippen LogP contribution in [0.15, 0.2) is 22.9 Å². The predicted octanol–water partition coefficient (Wildman–Crippen LogP) is 1.43. The van der Waals surface area contributed by atoms with Crippen molar-refractivity contribution in [3.05, 3.63) is 35.7 Å². The summed E-state index contributed by atoms with van der Waals surface area (Å²) >= 11 is 0. The molecule has 8 heteroatoms. The van der Waals surface area contributed by atoms with Crippen molar-refractivity contribution in [2.45, 2.75) is 32.7 Å². The van der Waals surface area contributed by atoms with E-state index in [1.54, 1.807) is 18.3 Å². The highest BCUT2D eigenvalue weighted by atomic mass is 35.5. The van der Waals surface area contributed by atoms with E-state index in [0.29, 0.717) is 23.8 Å². The SMILES string of the molecule is CC(=O)NC(C)(C)c1noc(Cc2ccc(N)cn2)n1.Cl. The summed E-state index contributed by atoms with van der Waals surface area (Å²) in [6, 6.07) is 3.57. The Hall–Kier alpha value is -2.15. The van der Waals surface area contributed by atoms with Gasteiger partial charge in [-0.2, -0.15) is 4.98 Å².